The van der Waals surface area contributed by atoms with Crippen LogP contribution in [-0.2, 0) is 6.54 Å². The van der Waals surface area contributed by atoms with Gasteiger partial charge in [-0.3, -0.25) is 0 Å². The fourth-order valence-electron chi connectivity index (χ4n) is 0.860. The van der Waals surface area contributed by atoms with Crippen molar-refractivity contribution in [3.8, 4) is 0 Å². The Kier molecular flexibility index (Phi) is 2.93. The summed E-state index contributed by atoms with van der Waals surface area (Å²) in [6.07, 6.45) is 4.61. The van der Waals surface area contributed by atoms with E-state index in [4.69, 9.17) is 4.42 Å². The van der Waals surface area contributed by atoms with Crippen molar-refractivity contribution in [2.24, 2.45) is 0 Å². The molecule has 2 heteroatoms. The Morgan fingerprint density at radius 2 is 2.25 bits per heavy atom. The smallest absolute Gasteiger partial charge is 0.0947 e. The van der Waals surface area contributed by atoms with E-state index in [1.807, 2.05) is 6.07 Å². The number of hydrogen-bond donors (Lipinski definition) is 1. The van der Waals surface area contributed by atoms with Gasteiger partial charge in [-0.05, 0) is 26.3 Å². The molecule has 0 aliphatic heterocycles. The summed E-state index contributed by atoms with van der Waals surface area (Å²) in [6.45, 7) is 7.47. The maximum Gasteiger partial charge on any atom is 0.0947 e. The molecule has 0 bridgehead atoms. The van der Waals surface area contributed by atoms with Gasteiger partial charge in [-0.1, -0.05) is 6.92 Å². The second-order valence-electron chi connectivity index (χ2n) is 3.72. The third-order valence-electron chi connectivity index (χ3n) is 2.24. The Balaban J connectivity index is 2.36. The largest absolute Gasteiger partial charge is 0.472 e. The highest BCUT2D eigenvalue weighted by molar-refractivity contribution is 5.05. The van der Waals surface area contributed by atoms with Gasteiger partial charge in [0.25, 0.3) is 0 Å². The van der Waals surface area contributed by atoms with Gasteiger partial charge < -0.3 is 9.73 Å². The van der Waals surface area contributed by atoms with E-state index in [0.717, 1.165) is 13.0 Å². The van der Waals surface area contributed by atoms with Gasteiger partial charge in [0.1, 0.15) is 0 Å². The summed E-state index contributed by atoms with van der Waals surface area (Å²) in [4.78, 5) is 0. The van der Waals surface area contributed by atoms with E-state index >= 15 is 0 Å². The second kappa shape index (κ2) is 3.76. The molecule has 0 saturated carbocycles. The normalized spacial score (nSPS) is 11.9. The Morgan fingerprint density at radius 1 is 1.50 bits per heavy atom. The summed E-state index contributed by atoms with van der Waals surface area (Å²) in [5, 5.41) is 3.45. The van der Waals surface area contributed by atoms with E-state index in [1.165, 1.54) is 5.56 Å². The van der Waals surface area contributed by atoms with Crippen LogP contribution in [0, 0.1) is 0 Å². The van der Waals surface area contributed by atoms with Gasteiger partial charge in [0.15, 0.2) is 0 Å². The van der Waals surface area contributed by atoms with Crippen molar-refractivity contribution < 1.29 is 4.42 Å². The third-order valence-corrected chi connectivity index (χ3v) is 2.24. The summed E-state index contributed by atoms with van der Waals surface area (Å²) in [7, 11) is 0. The van der Waals surface area contributed by atoms with Crippen molar-refractivity contribution in [2.75, 3.05) is 0 Å². The molecule has 1 aromatic heterocycles. The van der Waals surface area contributed by atoms with E-state index in [1.54, 1.807) is 12.5 Å². The molecule has 0 spiro atoms. The lowest BCUT2D eigenvalue weighted by molar-refractivity contribution is 0.373. The van der Waals surface area contributed by atoms with Crippen LogP contribution in [-0.4, -0.2) is 5.54 Å². The maximum absolute atomic E-state index is 4.97. The maximum atomic E-state index is 4.97. The molecular formula is C10H17NO. The van der Waals surface area contributed by atoms with Crippen LogP contribution < -0.4 is 5.32 Å². The molecule has 12 heavy (non-hydrogen) atoms. The minimum absolute atomic E-state index is 0.220. The predicted octanol–water partition coefficient (Wildman–Crippen LogP) is 2.56. The molecule has 1 N–H and O–H groups in total. The highest BCUT2D eigenvalue weighted by atomic mass is 16.3. The fourth-order valence-corrected chi connectivity index (χ4v) is 0.860. The molecule has 1 rings (SSSR count). The van der Waals surface area contributed by atoms with Crippen LogP contribution in [0.4, 0.5) is 0 Å². The zero-order valence-electron chi connectivity index (χ0n) is 8.05. The number of rotatable bonds is 4. The molecule has 0 atom stereocenters. The van der Waals surface area contributed by atoms with E-state index < -0.39 is 0 Å². The van der Waals surface area contributed by atoms with Crippen LogP contribution >= 0.6 is 0 Å². The lowest BCUT2D eigenvalue weighted by Gasteiger charge is -2.24. The van der Waals surface area contributed by atoms with Crippen molar-refractivity contribution in [2.45, 2.75) is 39.3 Å². The van der Waals surface area contributed by atoms with Crippen molar-refractivity contribution in [3.05, 3.63) is 24.2 Å². The summed E-state index contributed by atoms with van der Waals surface area (Å²) >= 11 is 0. The van der Waals surface area contributed by atoms with Crippen molar-refractivity contribution >= 4 is 0 Å². The monoisotopic (exact) mass is 167 g/mol. The van der Waals surface area contributed by atoms with Gasteiger partial charge >= 0.3 is 0 Å². The molecule has 1 aromatic rings. The van der Waals surface area contributed by atoms with Crippen LogP contribution in [0.25, 0.3) is 0 Å². The first kappa shape index (κ1) is 9.33. The van der Waals surface area contributed by atoms with Crippen LogP contribution in [0.5, 0.6) is 0 Å². The highest BCUT2D eigenvalue weighted by Crippen LogP contribution is 2.09. The van der Waals surface area contributed by atoms with Crippen molar-refractivity contribution in [1.29, 1.82) is 0 Å². The van der Waals surface area contributed by atoms with Gasteiger partial charge in [-0.15, -0.1) is 0 Å². The van der Waals surface area contributed by atoms with Crippen LogP contribution in [0.2, 0.25) is 0 Å². The second-order valence-corrected chi connectivity index (χ2v) is 3.72. The molecule has 0 fully saturated rings. The summed E-state index contributed by atoms with van der Waals surface area (Å²) in [5.41, 5.74) is 1.42. The zero-order valence-corrected chi connectivity index (χ0v) is 8.05. The highest BCUT2D eigenvalue weighted by Gasteiger charge is 2.13. The van der Waals surface area contributed by atoms with E-state index in [9.17, 15) is 0 Å². The van der Waals surface area contributed by atoms with E-state index in [0.29, 0.717) is 0 Å². The minimum Gasteiger partial charge on any atom is -0.472 e. The first-order chi connectivity index (χ1) is 5.64. The zero-order chi connectivity index (χ0) is 9.03. The van der Waals surface area contributed by atoms with Crippen LogP contribution in [0.3, 0.4) is 0 Å². The topological polar surface area (TPSA) is 25.2 Å². The SMILES string of the molecule is CCC(C)(C)NCc1ccoc1. The Bertz CT molecular complexity index is 214. The Labute approximate surface area is 74.0 Å². The van der Waals surface area contributed by atoms with Crippen LogP contribution in [0.15, 0.2) is 23.0 Å². The van der Waals surface area contributed by atoms with Crippen LogP contribution in [0.1, 0.15) is 32.8 Å². The lowest BCUT2D eigenvalue weighted by Crippen LogP contribution is -2.37. The third kappa shape index (κ3) is 2.70. The standard InChI is InChI=1S/C10H17NO/c1-4-10(2,3)11-7-9-5-6-12-8-9/h5-6,8,11H,4,7H2,1-3H3. The van der Waals surface area contributed by atoms with Gasteiger partial charge in [-0.25, -0.2) is 0 Å². The number of hydrogen-bond acceptors (Lipinski definition) is 2. The minimum atomic E-state index is 0.220. The molecule has 0 aromatic carbocycles. The van der Waals surface area contributed by atoms with Gasteiger partial charge in [0, 0.05) is 17.6 Å². The first-order valence-corrected chi connectivity index (χ1v) is 4.40. The summed E-state index contributed by atoms with van der Waals surface area (Å²) < 4.78 is 4.97. The molecule has 0 aliphatic rings. The Hall–Kier alpha value is -0.760. The molecule has 1 heterocycles. The molecule has 0 radical (unpaired) electrons. The Morgan fingerprint density at radius 3 is 2.75 bits per heavy atom. The van der Waals surface area contributed by atoms with Crippen molar-refractivity contribution in [3.63, 3.8) is 0 Å². The molecule has 2 nitrogen and oxygen atoms in total. The molecule has 0 unspecified atom stereocenters. The quantitative estimate of drug-likeness (QED) is 0.745. The van der Waals surface area contributed by atoms with Gasteiger partial charge in [0.05, 0.1) is 12.5 Å². The van der Waals surface area contributed by atoms with Gasteiger partial charge in [-0.2, -0.15) is 0 Å². The number of nitrogens with one attached hydrogen (secondary N) is 1. The molecular weight excluding hydrogens is 150 g/mol. The molecule has 0 aliphatic carbocycles. The summed E-state index contributed by atoms with van der Waals surface area (Å²) in [5.74, 6) is 0. The van der Waals surface area contributed by atoms with Crippen molar-refractivity contribution in [1.82, 2.24) is 5.32 Å². The molecule has 68 valence electrons. The average Bonchev–Trinajstić information content (AvgIpc) is 2.53. The first-order valence-electron chi connectivity index (χ1n) is 4.40. The fraction of sp³-hybridized carbons (Fsp3) is 0.600. The summed E-state index contributed by atoms with van der Waals surface area (Å²) in [6, 6.07) is 1.98. The lowest BCUT2D eigenvalue weighted by atomic mass is 10.0. The molecule has 0 saturated heterocycles. The molecule has 0 amide bonds. The van der Waals surface area contributed by atoms with Gasteiger partial charge in [0.2, 0.25) is 0 Å². The predicted molar refractivity (Wildman–Crippen MR) is 49.9 cm³/mol. The number of furan rings is 1. The van der Waals surface area contributed by atoms with E-state index in [-0.39, 0.29) is 5.54 Å². The average molecular weight is 167 g/mol. The van der Waals surface area contributed by atoms with E-state index in [2.05, 4.69) is 26.1 Å².